The van der Waals surface area contributed by atoms with Crippen LogP contribution in [0.4, 0.5) is 0 Å². The molecule has 2 aromatic rings. The van der Waals surface area contributed by atoms with Crippen molar-refractivity contribution in [1.29, 1.82) is 0 Å². The summed E-state index contributed by atoms with van der Waals surface area (Å²) in [6.07, 6.45) is 9.68. The lowest BCUT2D eigenvalue weighted by Gasteiger charge is -2.20. The summed E-state index contributed by atoms with van der Waals surface area (Å²) < 4.78 is 5.48. The van der Waals surface area contributed by atoms with Crippen LogP contribution >= 0.6 is 0 Å². The highest BCUT2D eigenvalue weighted by Crippen LogP contribution is 2.32. The number of ether oxygens (including phenoxy) is 1. The molecule has 0 aromatic heterocycles. The van der Waals surface area contributed by atoms with Gasteiger partial charge >= 0.3 is 0 Å². The largest absolute Gasteiger partial charge is 0.497 e. The third-order valence-corrected chi connectivity index (χ3v) is 3.90. The molecule has 0 spiro atoms. The Morgan fingerprint density at radius 3 is 2.27 bits per heavy atom. The van der Waals surface area contributed by atoms with Crippen LogP contribution in [-0.2, 0) is 4.74 Å². The summed E-state index contributed by atoms with van der Waals surface area (Å²) in [6, 6.07) is 21.0. The van der Waals surface area contributed by atoms with Gasteiger partial charge in [0, 0.05) is 5.92 Å². The first kappa shape index (κ1) is 14.4. The highest BCUT2D eigenvalue weighted by molar-refractivity contribution is 5.54. The normalized spacial score (nSPS) is 18.0. The lowest BCUT2D eigenvalue weighted by Crippen LogP contribution is -2.04. The summed E-state index contributed by atoms with van der Waals surface area (Å²) in [5.41, 5.74) is 3.83. The minimum atomic E-state index is 0.372. The van der Waals surface area contributed by atoms with Crippen molar-refractivity contribution < 1.29 is 4.74 Å². The summed E-state index contributed by atoms with van der Waals surface area (Å²) in [4.78, 5) is 0. The summed E-state index contributed by atoms with van der Waals surface area (Å²) in [6.45, 7) is 0. The van der Waals surface area contributed by atoms with E-state index in [1.54, 1.807) is 7.11 Å². The molecule has 0 N–H and O–H groups in total. The lowest BCUT2D eigenvalue weighted by atomic mass is 9.87. The first-order valence-electron chi connectivity index (χ1n) is 7.59. The Kier molecular flexibility index (Phi) is 4.55. The molecule has 0 fully saturated rings. The van der Waals surface area contributed by atoms with Crippen LogP contribution in [0.3, 0.4) is 0 Å². The molecule has 110 valence electrons. The third kappa shape index (κ3) is 3.56. The fraction of sp³-hybridized carbons (Fsp3) is 0.143. The van der Waals surface area contributed by atoms with Crippen molar-refractivity contribution in [2.45, 2.75) is 12.3 Å². The van der Waals surface area contributed by atoms with Crippen LogP contribution in [0.25, 0.3) is 6.08 Å². The molecule has 0 saturated carbocycles. The Labute approximate surface area is 132 Å². The van der Waals surface area contributed by atoms with E-state index in [4.69, 9.17) is 4.74 Å². The molecule has 0 saturated heterocycles. The Bertz CT molecular complexity index is 693. The predicted octanol–water partition coefficient (Wildman–Crippen LogP) is 5.34. The van der Waals surface area contributed by atoms with Crippen molar-refractivity contribution in [2.24, 2.45) is 0 Å². The predicted molar refractivity (Wildman–Crippen MR) is 92.5 cm³/mol. The molecule has 1 nitrogen and oxygen atoms in total. The molecule has 1 aliphatic rings. The maximum Gasteiger partial charge on any atom is 0.115 e. The van der Waals surface area contributed by atoms with E-state index < -0.39 is 0 Å². The minimum Gasteiger partial charge on any atom is -0.497 e. The molecule has 1 atom stereocenters. The van der Waals surface area contributed by atoms with Gasteiger partial charge in [-0.15, -0.1) is 0 Å². The van der Waals surface area contributed by atoms with Gasteiger partial charge in [0.2, 0.25) is 0 Å². The fourth-order valence-corrected chi connectivity index (χ4v) is 2.73. The van der Waals surface area contributed by atoms with Crippen LogP contribution in [0, 0.1) is 0 Å². The molecular weight excluding hydrogens is 268 g/mol. The van der Waals surface area contributed by atoms with E-state index in [0.717, 1.165) is 12.2 Å². The summed E-state index contributed by atoms with van der Waals surface area (Å²) in [5.74, 6) is 1.31. The Balaban J connectivity index is 1.82. The standard InChI is InChI=1S/C21H20O/c1-22-21-15-18(13-12-17-8-4-2-5-9-17)14-20(16-21)19-10-6-3-7-11-19/h2-13,15-16,20H,14H2,1H3. The SMILES string of the molecule is COC1=CC(c2ccccc2)CC(C=Cc2ccccc2)=C1. The molecule has 0 amide bonds. The van der Waals surface area contributed by atoms with E-state index >= 15 is 0 Å². The molecular formula is C21H20O. The second kappa shape index (κ2) is 6.95. The third-order valence-electron chi connectivity index (χ3n) is 3.90. The van der Waals surface area contributed by atoms with E-state index in [2.05, 4.69) is 78.9 Å². The average Bonchev–Trinajstić information content (AvgIpc) is 2.61. The van der Waals surface area contributed by atoms with E-state index in [9.17, 15) is 0 Å². The monoisotopic (exact) mass is 288 g/mol. The maximum atomic E-state index is 5.48. The zero-order valence-electron chi connectivity index (χ0n) is 12.8. The first-order valence-corrected chi connectivity index (χ1v) is 7.59. The quantitative estimate of drug-likeness (QED) is 0.737. The molecule has 1 unspecified atom stereocenters. The van der Waals surface area contributed by atoms with Crippen molar-refractivity contribution in [2.75, 3.05) is 7.11 Å². The zero-order chi connectivity index (χ0) is 15.2. The Morgan fingerprint density at radius 1 is 0.909 bits per heavy atom. The number of rotatable bonds is 4. The average molecular weight is 288 g/mol. The zero-order valence-corrected chi connectivity index (χ0v) is 12.8. The van der Waals surface area contributed by atoms with E-state index in [1.165, 1.54) is 16.7 Å². The number of allylic oxidation sites excluding steroid dienone is 4. The minimum absolute atomic E-state index is 0.372. The summed E-state index contributed by atoms with van der Waals surface area (Å²) >= 11 is 0. The number of hydrogen-bond acceptors (Lipinski definition) is 1. The molecule has 3 rings (SSSR count). The van der Waals surface area contributed by atoms with Crippen LogP contribution in [0.15, 0.2) is 90.2 Å². The van der Waals surface area contributed by atoms with Gasteiger partial charge in [-0.2, -0.15) is 0 Å². The van der Waals surface area contributed by atoms with Crippen molar-refractivity contribution in [1.82, 2.24) is 0 Å². The number of hydrogen-bond donors (Lipinski definition) is 0. The van der Waals surface area contributed by atoms with E-state index in [1.807, 2.05) is 6.07 Å². The van der Waals surface area contributed by atoms with Crippen LogP contribution in [0.5, 0.6) is 0 Å². The van der Waals surface area contributed by atoms with Crippen LogP contribution in [0.2, 0.25) is 0 Å². The second-order valence-corrected chi connectivity index (χ2v) is 5.46. The molecule has 22 heavy (non-hydrogen) atoms. The van der Waals surface area contributed by atoms with Crippen molar-refractivity contribution in [3.8, 4) is 0 Å². The van der Waals surface area contributed by atoms with Crippen molar-refractivity contribution in [3.05, 3.63) is 101 Å². The summed E-state index contributed by atoms with van der Waals surface area (Å²) in [7, 11) is 1.73. The smallest absolute Gasteiger partial charge is 0.115 e. The van der Waals surface area contributed by atoms with Gasteiger partial charge in [0.15, 0.2) is 0 Å². The van der Waals surface area contributed by atoms with Gasteiger partial charge in [-0.1, -0.05) is 72.8 Å². The van der Waals surface area contributed by atoms with Gasteiger partial charge in [0.05, 0.1) is 7.11 Å². The van der Waals surface area contributed by atoms with E-state index in [0.29, 0.717) is 5.92 Å². The van der Waals surface area contributed by atoms with Gasteiger partial charge in [-0.05, 0) is 35.3 Å². The van der Waals surface area contributed by atoms with Gasteiger partial charge in [0.1, 0.15) is 5.76 Å². The molecule has 0 heterocycles. The first-order chi connectivity index (χ1) is 10.8. The van der Waals surface area contributed by atoms with Crippen molar-refractivity contribution >= 4 is 6.08 Å². The summed E-state index contributed by atoms with van der Waals surface area (Å²) in [5, 5.41) is 0. The lowest BCUT2D eigenvalue weighted by molar-refractivity contribution is 0.301. The number of methoxy groups -OCH3 is 1. The van der Waals surface area contributed by atoms with Crippen LogP contribution < -0.4 is 0 Å². The highest BCUT2D eigenvalue weighted by Gasteiger charge is 2.16. The van der Waals surface area contributed by atoms with Crippen molar-refractivity contribution in [3.63, 3.8) is 0 Å². The molecule has 1 heteroatoms. The number of benzene rings is 2. The van der Waals surface area contributed by atoms with E-state index in [-0.39, 0.29) is 0 Å². The van der Waals surface area contributed by atoms with Gasteiger partial charge < -0.3 is 4.74 Å². The van der Waals surface area contributed by atoms with Gasteiger partial charge in [-0.3, -0.25) is 0 Å². The maximum absolute atomic E-state index is 5.48. The molecule has 0 bridgehead atoms. The second-order valence-electron chi connectivity index (χ2n) is 5.46. The molecule has 0 aliphatic heterocycles. The molecule has 1 aliphatic carbocycles. The molecule has 0 radical (unpaired) electrons. The van der Waals surface area contributed by atoms with Gasteiger partial charge in [-0.25, -0.2) is 0 Å². The topological polar surface area (TPSA) is 9.23 Å². The van der Waals surface area contributed by atoms with Gasteiger partial charge in [0.25, 0.3) is 0 Å². The fourth-order valence-electron chi connectivity index (χ4n) is 2.73. The van der Waals surface area contributed by atoms with Crippen LogP contribution in [-0.4, -0.2) is 7.11 Å². The Morgan fingerprint density at radius 2 is 1.59 bits per heavy atom. The highest BCUT2D eigenvalue weighted by atomic mass is 16.5. The van der Waals surface area contributed by atoms with Crippen LogP contribution in [0.1, 0.15) is 23.5 Å². The molecule has 2 aromatic carbocycles. The Hall–Kier alpha value is -2.54.